The Kier molecular flexibility index (Phi) is 6.80. The van der Waals surface area contributed by atoms with Crippen LogP contribution >= 0.6 is 11.6 Å². The van der Waals surface area contributed by atoms with Crippen molar-refractivity contribution in [3.05, 3.63) is 29.0 Å². The van der Waals surface area contributed by atoms with Crippen LogP contribution in [0.15, 0.2) is 23.1 Å². The minimum absolute atomic E-state index is 0.0236. The molecule has 0 bridgehead atoms. The maximum Gasteiger partial charge on any atom is 0.243 e. The normalized spacial score (nSPS) is 19.4. The molecular formula is C19H25ClFN3O4S. The van der Waals surface area contributed by atoms with Gasteiger partial charge < -0.3 is 9.80 Å². The van der Waals surface area contributed by atoms with Crippen LogP contribution in [-0.4, -0.2) is 73.6 Å². The van der Waals surface area contributed by atoms with E-state index in [9.17, 15) is 22.4 Å². The van der Waals surface area contributed by atoms with Gasteiger partial charge in [-0.15, -0.1) is 0 Å². The minimum Gasteiger partial charge on any atom is -0.339 e. The molecule has 3 rings (SSSR count). The predicted octanol–water partition coefficient (Wildman–Crippen LogP) is 1.96. The molecule has 2 fully saturated rings. The van der Waals surface area contributed by atoms with Crippen LogP contribution in [0.1, 0.15) is 26.2 Å². The second-order valence-corrected chi connectivity index (χ2v) is 9.66. The van der Waals surface area contributed by atoms with Crippen molar-refractivity contribution in [3.8, 4) is 0 Å². The number of carbonyl (C=O) groups excluding carboxylic acids is 2. The van der Waals surface area contributed by atoms with Gasteiger partial charge in [-0.3, -0.25) is 9.59 Å². The standard InChI is InChI=1S/C19H25ClFN3O4S/c1-2-18(25)22-9-11-23(12-10-22)19(26)14-5-7-24(8-6-14)29(27,28)15-3-4-17(21)16(20)13-15/h3-4,13-14H,2,5-12H2,1H3. The topological polar surface area (TPSA) is 78.0 Å². The zero-order valence-corrected chi connectivity index (χ0v) is 17.9. The van der Waals surface area contributed by atoms with Crippen LogP contribution in [0, 0.1) is 11.7 Å². The molecule has 10 heteroatoms. The molecule has 2 aliphatic rings. The summed E-state index contributed by atoms with van der Waals surface area (Å²) in [6, 6.07) is 3.35. The van der Waals surface area contributed by atoms with Gasteiger partial charge in [-0.2, -0.15) is 4.31 Å². The molecule has 2 heterocycles. The highest BCUT2D eigenvalue weighted by Crippen LogP contribution is 2.27. The summed E-state index contributed by atoms with van der Waals surface area (Å²) in [4.78, 5) is 28.1. The molecule has 0 saturated carbocycles. The van der Waals surface area contributed by atoms with E-state index < -0.39 is 15.8 Å². The van der Waals surface area contributed by atoms with Crippen molar-refractivity contribution in [2.24, 2.45) is 5.92 Å². The number of nitrogens with zero attached hydrogens (tertiary/aromatic N) is 3. The number of amides is 2. The lowest BCUT2D eigenvalue weighted by molar-refractivity contribution is -0.142. The third-order valence-corrected chi connectivity index (χ3v) is 7.76. The van der Waals surface area contributed by atoms with Gasteiger partial charge in [0.2, 0.25) is 21.8 Å². The lowest BCUT2D eigenvalue weighted by atomic mass is 9.96. The molecule has 0 N–H and O–H groups in total. The number of rotatable bonds is 4. The van der Waals surface area contributed by atoms with Crippen molar-refractivity contribution in [2.75, 3.05) is 39.3 Å². The second-order valence-electron chi connectivity index (χ2n) is 7.31. The summed E-state index contributed by atoms with van der Waals surface area (Å²) in [6.45, 7) is 4.37. The van der Waals surface area contributed by atoms with Crippen LogP contribution in [-0.2, 0) is 19.6 Å². The molecule has 0 radical (unpaired) electrons. The van der Waals surface area contributed by atoms with Crippen LogP contribution in [0.5, 0.6) is 0 Å². The van der Waals surface area contributed by atoms with Gasteiger partial charge in [0.25, 0.3) is 0 Å². The Morgan fingerprint density at radius 3 is 2.21 bits per heavy atom. The first-order chi connectivity index (χ1) is 13.7. The fraction of sp³-hybridized carbons (Fsp3) is 0.579. The van der Waals surface area contributed by atoms with Crippen LogP contribution in [0.25, 0.3) is 0 Å². The fourth-order valence-corrected chi connectivity index (χ4v) is 5.53. The molecule has 0 aliphatic carbocycles. The first kappa shape index (κ1) is 22.0. The molecule has 7 nitrogen and oxygen atoms in total. The number of halogens is 2. The Morgan fingerprint density at radius 1 is 1.07 bits per heavy atom. The van der Waals surface area contributed by atoms with E-state index in [1.54, 1.807) is 9.80 Å². The first-order valence-corrected chi connectivity index (χ1v) is 11.6. The average molecular weight is 446 g/mol. The van der Waals surface area contributed by atoms with Crippen LogP contribution < -0.4 is 0 Å². The lowest BCUT2D eigenvalue weighted by Gasteiger charge is -2.38. The summed E-state index contributed by atoms with van der Waals surface area (Å²) in [7, 11) is -3.78. The van der Waals surface area contributed by atoms with Crippen molar-refractivity contribution < 1.29 is 22.4 Å². The molecule has 1 aromatic rings. The van der Waals surface area contributed by atoms with Crippen molar-refractivity contribution in [1.82, 2.24) is 14.1 Å². The van der Waals surface area contributed by atoms with Crippen molar-refractivity contribution in [1.29, 1.82) is 0 Å². The maximum absolute atomic E-state index is 13.3. The lowest BCUT2D eigenvalue weighted by Crippen LogP contribution is -2.53. The Morgan fingerprint density at radius 2 is 1.66 bits per heavy atom. The quantitative estimate of drug-likeness (QED) is 0.709. The molecule has 2 aliphatic heterocycles. The van der Waals surface area contributed by atoms with E-state index in [-0.39, 0.29) is 40.7 Å². The van der Waals surface area contributed by atoms with E-state index >= 15 is 0 Å². The molecular weight excluding hydrogens is 421 g/mol. The third-order valence-electron chi connectivity index (χ3n) is 5.58. The van der Waals surface area contributed by atoms with Crippen molar-refractivity contribution in [3.63, 3.8) is 0 Å². The first-order valence-electron chi connectivity index (χ1n) is 9.75. The SMILES string of the molecule is CCC(=O)N1CCN(C(=O)C2CCN(S(=O)(=O)c3ccc(F)c(Cl)c3)CC2)CC1. The summed E-state index contributed by atoms with van der Waals surface area (Å²) in [5.41, 5.74) is 0. The van der Waals surface area contributed by atoms with Gasteiger partial charge in [-0.25, -0.2) is 12.8 Å². The molecule has 29 heavy (non-hydrogen) atoms. The van der Waals surface area contributed by atoms with Gasteiger partial charge in [0.05, 0.1) is 9.92 Å². The van der Waals surface area contributed by atoms with Gasteiger partial charge in [-0.1, -0.05) is 18.5 Å². The number of carbonyl (C=O) groups is 2. The Bertz CT molecular complexity index is 879. The summed E-state index contributed by atoms with van der Waals surface area (Å²) < 4.78 is 40.2. The molecule has 1 aromatic carbocycles. The van der Waals surface area contributed by atoms with E-state index in [0.29, 0.717) is 45.4 Å². The van der Waals surface area contributed by atoms with Crippen LogP contribution in [0.3, 0.4) is 0 Å². The van der Waals surface area contributed by atoms with E-state index in [1.165, 1.54) is 10.4 Å². The molecule has 2 amide bonds. The summed E-state index contributed by atoms with van der Waals surface area (Å²) >= 11 is 5.72. The largest absolute Gasteiger partial charge is 0.339 e. The number of piperazine rings is 1. The zero-order valence-electron chi connectivity index (χ0n) is 16.3. The van der Waals surface area contributed by atoms with Crippen LogP contribution in [0.2, 0.25) is 5.02 Å². The zero-order chi connectivity index (χ0) is 21.2. The molecule has 0 aromatic heterocycles. The summed E-state index contributed by atoms with van der Waals surface area (Å²) in [5, 5.41) is -0.239. The highest BCUT2D eigenvalue weighted by Gasteiger charge is 2.35. The third kappa shape index (κ3) is 4.73. The molecule has 2 saturated heterocycles. The number of hydrogen-bond acceptors (Lipinski definition) is 4. The van der Waals surface area contributed by atoms with Gasteiger partial charge in [-0.05, 0) is 31.0 Å². The monoisotopic (exact) mass is 445 g/mol. The Hall–Kier alpha value is -1.71. The number of piperidine rings is 1. The smallest absolute Gasteiger partial charge is 0.243 e. The highest BCUT2D eigenvalue weighted by molar-refractivity contribution is 7.89. The summed E-state index contributed by atoms with van der Waals surface area (Å²) in [5.74, 6) is -0.783. The van der Waals surface area contributed by atoms with Crippen LogP contribution in [0.4, 0.5) is 4.39 Å². The van der Waals surface area contributed by atoms with Gasteiger partial charge in [0, 0.05) is 51.6 Å². The highest BCUT2D eigenvalue weighted by atomic mass is 35.5. The molecule has 0 atom stereocenters. The Labute approximate surface area is 175 Å². The molecule has 0 unspecified atom stereocenters. The predicted molar refractivity (Wildman–Crippen MR) is 106 cm³/mol. The van der Waals surface area contributed by atoms with E-state index in [1.807, 2.05) is 6.92 Å². The molecule has 160 valence electrons. The number of sulfonamides is 1. The molecule has 0 spiro atoms. The maximum atomic E-state index is 13.3. The minimum atomic E-state index is -3.78. The van der Waals surface area contributed by atoms with Gasteiger partial charge in [0.1, 0.15) is 5.82 Å². The Balaban J connectivity index is 1.57. The average Bonchev–Trinajstić information content (AvgIpc) is 2.74. The number of benzene rings is 1. The summed E-state index contributed by atoms with van der Waals surface area (Å²) in [6.07, 6.45) is 1.32. The fourth-order valence-electron chi connectivity index (χ4n) is 3.79. The van der Waals surface area contributed by atoms with Gasteiger partial charge >= 0.3 is 0 Å². The van der Waals surface area contributed by atoms with Gasteiger partial charge in [0.15, 0.2) is 0 Å². The van der Waals surface area contributed by atoms with Crippen molar-refractivity contribution in [2.45, 2.75) is 31.1 Å². The second kappa shape index (κ2) is 8.97. The van der Waals surface area contributed by atoms with E-state index in [4.69, 9.17) is 11.6 Å². The number of hydrogen-bond donors (Lipinski definition) is 0. The van der Waals surface area contributed by atoms with Crippen molar-refractivity contribution >= 4 is 33.4 Å². The van der Waals surface area contributed by atoms with E-state index in [2.05, 4.69) is 0 Å². The van der Waals surface area contributed by atoms with E-state index in [0.717, 1.165) is 12.1 Å².